The maximum atomic E-state index is 11.2. The Bertz CT molecular complexity index is 210. The molecule has 94 valence electrons. The third-order valence-corrected chi connectivity index (χ3v) is 4.08. The van der Waals surface area contributed by atoms with Gasteiger partial charge < -0.3 is 4.74 Å². The van der Waals surface area contributed by atoms with Crippen LogP contribution in [0.1, 0.15) is 52.4 Å². The third kappa shape index (κ3) is 4.73. The average molecular weight is 247 g/mol. The van der Waals surface area contributed by atoms with E-state index in [0.717, 1.165) is 12.3 Å². The fourth-order valence-electron chi connectivity index (χ4n) is 2.37. The molecule has 0 heterocycles. The average Bonchev–Trinajstić information content (AvgIpc) is 2.27. The summed E-state index contributed by atoms with van der Waals surface area (Å²) in [6, 6.07) is 0. The second kappa shape index (κ2) is 7.16. The number of esters is 1. The predicted octanol–water partition coefficient (Wildman–Crippen LogP) is 3.76. The summed E-state index contributed by atoms with van der Waals surface area (Å²) in [7, 11) is 0. The summed E-state index contributed by atoms with van der Waals surface area (Å²) < 4.78 is 4.90. The summed E-state index contributed by atoms with van der Waals surface area (Å²) in [4.78, 5) is 11.2. The summed E-state index contributed by atoms with van der Waals surface area (Å²) in [6.07, 6.45) is 6.24. The molecule has 0 aliphatic heterocycles. The van der Waals surface area contributed by atoms with E-state index in [9.17, 15) is 4.79 Å². The molecule has 0 spiro atoms. The summed E-state index contributed by atoms with van der Waals surface area (Å²) in [6.45, 7) is 4.60. The van der Waals surface area contributed by atoms with Crippen LogP contribution in [-0.2, 0) is 9.53 Å². The molecule has 1 saturated carbocycles. The van der Waals surface area contributed by atoms with Crippen molar-refractivity contribution in [2.45, 2.75) is 57.7 Å². The minimum atomic E-state index is -0.114. The Morgan fingerprint density at radius 2 is 2.00 bits per heavy atom. The monoisotopic (exact) mass is 246 g/mol. The smallest absolute Gasteiger partial charge is 0.305 e. The lowest BCUT2D eigenvalue weighted by molar-refractivity contribution is -0.143. The van der Waals surface area contributed by atoms with E-state index < -0.39 is 0 Å². The van der Waals surface area contributed by atoms with Crippen molar-refractivity contribution in [2.24, 2.45) is 11.8 Å². The van der Waals surface area contributed by atoms with Crippen LogP contribution in [0.15, 0.2) is 0 Å². The number of alkyl halides is 1. The van der Waals surface area contributed by atoms with Gasteiger partial charge in [0.05, 0.1) is 6.61 Å². The van der Waals surface area contributed by atoms with Crippen LogP contribution in [0.2, 0.25) is 0 Å². The highest BCUT2D eigenvalue weighted by Crippen LogP contribution is 2.34. The van der Waals surface area contributed by atoms with Crippen molar-refractivity contribution in [3.05, 3.63) is 0 Å². The van der Waals surface area contributed by atoms with Crippen LogP contribution >= 0.6 is 11.6 Å². The van der Waals surface area contributed by atoms with Crippen molar-refractivity contribution in [3.63, 3.8) is 0 Å². The van der Waals surface area contributed by atoms with E-state index in [1.165, 1.54) is 25.7 Å². The van der Waals surface area contributed by atoms with Gasteiger partial charge in [0.15, 0.2) is 0 Å². The van der Waals surface area contributed by atoms with Gasteiger partial charge in [-0.2, -0.15) is 0 Å². The number of halogens is 1. The van der Waals surface area contributed by atoms with Crippen LogP contribution in [0.5, 0.6) is 0 Å². The van der Waals surface area contributed by atoms with E-state index >= 15 is 0 Å². The molecule has 0 aromatic heterocycles. The molecule has 0 amide bonds. The number of hydrogen-bond acceptors (Lipinski definition) is 2. The Morgan fingerprint density at radius 1 is 1.38 bits per heavy atom. The maximum absolute atomic E-state index is 11.2. The van der Waals surface area contributed by atoms with Gasteiger partial charge in [0.2, 0.25) is 0 Å². The molecule has 0 N–H and O–H groups in total. The normalized spacial score (nSPS) is 27.4. The van der Waals surface area contributed by atoms with Gasteiger partial charge in [-0.25, -0.2) is 0 Å². The van der Waals surface area contributed by atoms with Crippen LogP contribution in [0.3, 0.4) is 0 Å². The second-order valence-electron chi connectivity index (χ2n) is 4.88. The quantitative estimate of drug-likeness (QED) is 0.545. The van der Waals surface area contributed by atoms with Gasteiger partial charge in [-0.15, -0.1) is 11.6 Å². The van der Waals surface area contributed by atoms with E-state index in [0.29, 0.717) is 18.9 Å². The molecule has 1 rings (SSSR count). The number of carbonyl (C=O) groups is 1. The molecule has 1 unspecified atom stereocenters. The highest BCUT2D eigenvalue weighted by molar-refractivity contribution is 6.20. The minimum Gasteiger partial charge on any atom is -0.466 e. The lowest BCUT2D eigenvalue weighted by Crippen LogP contribution is -2.22. The molecule has 1 aliphatic carbocycles. The second-order valence-corrected chi connectivity index (χ2v) is 5.44. The molecule has 0 radical (unpaired) electrons. The molecular weight excluding hydrogens is 224 g/mol. The van der Waals surface area contributed by atoms with E-state index in [-0.39, 0.29) is 11.3 Å². The van der Waals surface area contributed by atoms with Crippen molar-refractivity contribution < 1.29 is 9.53 Å². The van der Waals surface area contributed by atoms with Crippen molar-refractivity contribution in [1.82, 2.24) is 0 Å². The summed E-state index contributed by atoms with van der Waals surface area (Å²) in [5, 5.41) is 0.150. The first-order valence-electron chi connectivity index (χ1n) is 6.43. The molecule has 1 atom stereocenters. The zero-order chi connectivity index (χ0) is 12.0. The van der Waals surface area contributed by atoms with Crippen molar-refractivity contribution in [2.75, 3.05) is 6.61 Å². The SMILES string of the molecule is CCOC(=O)CCC(Cl)C1CCC(C)CC1. The van der Waals surface area contributed by atoms with Gasteiger partial charge in [0.25, 0.3) is 0 Å². The van der Waals surface area contributed by atoms with Gasteiger partial charge >= 0.3 is 5.97 Å². The van der Waals surface area contributed by atoms with E-state index in [4.69, 9.17) is 16.3 Å². The zero-order valence-corrected chi connectivity index (χ0v) is 11.1. The van der Waals surface area contributed by atoms with E-state index in [1.54, 1.807) is 0 Å². The van der Waals surface area contributed by atoms with Gasteiger partial charge in [0, 0.05) is 11.8 Å². The maximum Gasteiger partial charge on any atom is 0.305 e. The fourth-order valence-corrected chi connectivity index (χ4v) is 2.73. The number of carbonyl (C=O) groups excluding carboxylic acids is 1. The number of ether oxygens (including phenoxy) is 1. The van der Waals surface area contributed by atoms with Crippen LogP contribution in [0.4, 0.5) is 0 Å². The Kier molecular flexibility index (Phi) is 6.18. The Morgan fingerprint density at radius 3 is 2.56 bits per heavy atom. The van der Waals surface area contributed by atoms with Gasteiger partial charge in [-0.3, -0.25) is 4.79 Å². The summed E-state index contributed by atoms with van der Waals surface area (Å²) >= 11 is 6.34. The van der Waals surface area contributed by atoms with Crippen molar-refractivity contribution in [1.29, 1.82) is 0 Å². The standard InChI is InChI=1S/C13H23ClO2/c1-3-16-13(15)9-8-12(14)11-6-4-10(2)5-7-11/h10-12H,3-9H2,1-2H3. The van der Waals surface area contributed by atoms with Crippen LogP contribution in [0, 0.1) is 11.8 Å². The molecular formula is C13H23ClO2. The van der Waals surface area contributed by atoms with Crippen LogP contribution in [-0.4, -0.2) is 18.0 Å². The molecule has 16 heavy (non-hydrogen) atoms. The van der Waals surface area contributed by atoms with Gasteiger partial charge in [-0.05, 0) is 38.0 Å². The third-order valence-electron chi connectivity index (χ3n) is 3.50. The Hall–Kier alpha value is -0.240. The zero-order valence-electron chi connectivity index (χ0n) is 10.4. The Labute approximate surface area is 104 Å². The molecule has 0 aromatic rings. The molecule has 1 aliphatic rings. The number of hydrogen-bond donors (Lipinski definition) is 0. The molecule has 1 fully saturated rings. The molecule has 3 heteroatoms. The molecule has 0 saturated heterocycles. The van der Waals surface area contributed by atoms with Crippen LogP contribution in [0.25, 0.3) is 0 Å². The van der Waals surface area contributed by atoms with Gasteiger partial charge in [-0.1, -0.05) is 19.8 Å². The largest absolute Gasteiger partial charge is 0.466 e. The van der Waals surface area contributed by atoms with E-state index in [2.05, 4.69) is 6.92 Å². The summed E-state index contributed by atoms with van der Waals surface area (Å²) in [5.41, 5.74) is 0. The van der Waals surface area contributed by atoms with Crippen molar-refractivity contribution in [3.8, 4) is 0 Å². The highest BCUT2D eigenvalue weighted by atomic mass is 35.5. The van der Waals surface area contributed by atoms with Gasteiger partial charge in [0.1, 0.15) is 0 Å². The lowest BCUT2D eigenvalue weighted by atomic mass is 9.80. The number of rotatable bonds is 5. The van der Waals surface area contributed by atoms with E-state index in [1.807, 2.05) is 6.92 Å². The molecule has 0 bridgehead atoms. The highest BCUT2D eigenvalue weighted by Gasteiger charge is 2.25. The topological polar surface area (TPSA) is 26.3 Å². The first kappa shape index (κ1) is 13.8. The predicted molar refractivity (Wildman–Crippen MR) is 66.6 cm³/mol. The molecule has 0 aromatic carbocycles. The van der Waals surface area contributed by atoms with Crippen molar-refractivity contribution >= 4 is 17.6 Å². The fraction of sp³-hybridized carbons (Fsp3) is 0.923. The Balaban J connectivity index is 2.19. The summed E-state index contributed by atoms with van der Waals surface area (Å²) in [5.74, 6) is 1.34. The lowest BCUT2D eigenvalue weighted by Gasteiger charge is -2.29. The van der Waals surface area contributed by atoms with Crippen LogP contribution < -0.4 is 0 Å². The first-order chi connectivity index (χ1) is 7.63. The first-order valence-corrected chi connectivity index (χ1v) is 6.86. The molecule has 2 nitrogen and oxygen atoms in total. The minimum absolute atomic E-state index is 0.114.